The molecular weight excluding hydrogens is 264 g/mol. The number of rotatable bonds is 1. The molecule has 19 heavy (non-hydrogen) atoms. The number of hydrogen-bond donors (Lipinski definition) is 1. The van der Waals surface area contributed by atoms with Crippen molar-refractivity contribution in [2.45, 2.75) is 25.3 Å². The molecule has 2 saturated heterocycles. The van der Waals surface area contributed by atoms with E-state index >= 15 is 0 Å². The van der Waals surface area contributed by atoms with E-state index in [4.69, 9.17) is 0 Å². The van der Waals surface area contributed by atoms with Gasteiger partial charge in [-0.3, -0.25) is 9.69 Å². The van der Waals surface area contributed by atoms with Crippen molar-refractivity contribution in [2.24, 2.45) is 0 Å². The molecule has 1 aromatic rings. The maximum Gasteiger partial charge on any atom is 0.324 e. The monoisotopic (exact) mass is 280 g/mol. The van der Waals surface area contributed by atoms with Crippen LogP contribution >= 0.6 is 11.3 Å². The van der Waals surface area contributed by atoms with Crippen LogP contribution in [0.25, 0.3) is 0 Å². The molecule has 0 aliphatic carbocycles. The van der Waals surface area contributed by atoms with Crippen LogP contribution in [0, 0.1) is 6.92 Å². The lowest BCUT2D eigenvalue weighted by atomic mass is 9.88. The molecule has 2 fully saturated rings. The lowest BCUT2D eigenvalue weighted by Crippen LogP contribution is -2.54. The van der Waals surface area contributed by atoms with E-state index in [0.29, 0.717) is 12.8 Å². The summed E-state index contributed by atoms with van der Waals surface area (Å²) in [5.74, 6) is -0.104. The van der Waals surface area contributed by atoms with Crippen molar-refractivity contribution in [2.75, 3.05) is 25.0 Å². The zero-order valence-electron chi connectivity index (χ0n) is 11.0. The number of piperidine rings is 1. The Morgan fingerprint density at radius 3 is 2.53 bits per heavy atom. The largest absolute Gasteiger partial charge is 0.348 e. The molecule has 7 heteroatoms. The van der Waals surface area contributed by atoms with Gasteiger partial charge in [0.2, 0.25) is 0 Å². The van der Waals surface area contributed by atoms with Gasteiger partial charge in [-0.25, -0.2) is 9.78 Å². The van der Waals surface area contributed by atoms with Gasteiger partial charge in [0.15, 0.2) is 5.13 Å². The van der Waals surface area contributed by atoms with Crippen LogP contribution < -0.4 is 10.2 Å². The number of nitrogens with one attached hydrogen (secondary N) is 1. The van der Waals surface area contributed by atoms with Crippen LogP contribution in [0.1, 0.15) is 17.7 Å². The number of likely N-dealkylation sites (N-methyl/N-ethyl adjacent to an activating group) is 1. The summed E-state index contributed by atoms with van der Waals surface area (Å²) in [4.78, 5) is 32.6. The maximum absolute atomic E-state index is 12.2. The molecule has 1 spiro atoms. The van der Waals surface area contributed by atoms with Gasteiger partial charge in [0.05, 0.1) is 0 Å². The minimum absolute atomic E-state index is 0.104. The minimum atomic E-state index is -0.686. The third-order valence-corrected chi connectivity index (χ3v) is 4.84. The Labute approximate surface area is 115 Å². The van der Waals surface area contributed by atoms with Crippen molar-refractivity contribution in [3.05, 3.63) is 11.1 Å². The summed E-state index contributed by atoms with van der Waals surface area (Å²) < 4.78 is 0. The number of anilines is 1. The molecular formula is C12H16N4O2S. The number of carbonyl (C=O) groups excluding carboxylic acids is 2. The fourth-order valence-electron chi connectivity index (χ4n) is 2.66. The van der Waals surface area contributed by atoms with Gasteiger partial charge >= 0.3 is 6.03 Å². The number of urea groups is 1. The zero-order chi connectivity index (χ0) is 13.6. The topological polar surface area (TPSA) is 65.5 Å². The molecule has 2 aliphatic heterocycles. The molecule has 3 rings (SSSR count). The summed E-state index contributed by atoms with van der Waals surface area (Å²) in [5, 5.41) is 3.84. The molecule has 0 unspecified atom stereocenters. The van der Waals surface area contributed by atoms with Gasteiger partial charge < -0.3 is 10.2 Å². The van der Waals surface area contributed by atoms with Crippen molar-refractivity contribution in [1.29, 1.82) is 0 Å². The second-order valence-electron chi connectivity index (χ2n) is 5.12. The fraction of sp³-hybridized carbons (Fsp3) is 0.583. The van der Waals surface area contributed by atoms with Gasteiger partial charge in [-0.2, -0.15) is 0 Å². The number of nitrogens with zero attached hydrogens (tertiary/aromatic N) is 3. The second kappa shape index (κ2) is 4.19. The van der Waals surface area contributed by atoms with E-state index in [9.17, 15) is 9.59 Å². The average molecular weight is 280 g/mol. The first kappa shape index (κ1) is 12.4. The molecule has 0 radical (unpaired) electrons. The van der Waals surface area contributed by atoms with E-state index in [1.54, 1.807) is 11.3 Å². The van der Waals surface area contributed by atoms with E-state index < -0.39 is 5.54 Å². The number of hydrogen-bond acceptors (Lipinski definition) is 5. The predicted octanol–water partition coefficient (Wildman–Crippen LogP) is 0.972. The molecule has 0 atom stereocenters. The van der Waals surface area contributed by atoms with Crippen molar-refractivity contribution in [3.63, 3.8) is 0 Å². The molecule has 1 aromatic heterocycles. The lowest BCUT2D eigenvalue weighted by Gasteiger charge is -2.37. The Morgan fingerprint density at radius 1 is 1.37 bits per heavy atom. The van der Waals surface area contributed by atoms with Crippen LogP contribution in [-0.4, -0.2) is 47.5 Å². The Kier molecular flexibility index (Phi) is 2.74. The van der Waals surface area contributed by atoms with Crippen molar-refractivity contribution >= 4 is 28.4 Å². The molecule has 3 amide bonds. The summed E-state index contributed by atoms with van der Waals surface area (Å²) in [6, 6.07) is -0.288. The highest BCUT2D eigenvalue weighted by atomic mass is 32.1. The van der Waals surface area contributed by atoms with Crippen LogP contribution in [0.3, 0.4) is 0 Å². The van der Waals surface area contributed by atoms with E-state index in [2.05, 4.69) is 15.2 Å². The van der Waals surface area contributed by atoms with E-state index in [1.807, 2.05) is 13.1 Å². The lowest BCUT2D eigenvalue weighted by molar-refractivity contribution is -0.131. The average Bonchev–Trinajstić information content (AvgIpc) is 2.91. The number of thiazole rings is 1. The van der Waals surface area contributed by atoms with Crippen LogP contribution in [0.2, 0.25) is 0 Å². The molecule has 0 bridgehead atoms. The Bertz CT molecular complexity index is 534. The third kappa shape index (κ3) is 1.88. The molecule has 3 heterocycles. The number of aryl methyl sites for hydroxylation is 1. The first-order valence-electron chi connectivity index (χ1n) is 6.29. The Hall–Kier alpha value is -1.63. The summed E-state index contributed by atoms with van der Waals surface area (Å²) in [6.45, 7) is 3.52. The fourth-order valence-corrected chi connectivity index (χ4v) is 3.47. The van der Waals surface area contributed by atoms with Crippen molar-refractivity contribution in [1.82, 2.24) is 15.2 Å². The van der Waals surface area contributed by atoms with Gasteiger partial charge in [-0.15, -0.1) is 11.3 Å². The van der Waals surface area contributed by atoms with Gasteiger partial charge in [0, 0.05) is 31.2 Å². The molecule has 0 aromatic carbocycles. The SMILES string of the molecule is Cc1cnc(N2CCC3(CC2)NC(=O)N(C)C3=O)s1. The molecule has 6 nitrogen and oxygen atoms in total. The maximum atomic E-state index is 12.2. The number of aromatic nitrogens is 1. The quantitative estimate of drug-likeness (QED) is 0.779. The highest BCUT2D eigenvalue weighted by Gasteiger charge is 2.51. The molecule has 0 saturated carbocycles. The zero-order valence-corrected chi connectivity index (χ0v) is 11.8. The molecule has 2 aliphatic rings. The van der Waals surface area contributed by atoms with Crippen LogP contribution in [0.5, 0.6) is 0 Å². The van der Waals surface area contributed by atoms with Gasteiger partial charge in [-0.05, 0) is 19.8 Å². The highest BCUT2D eigenvalue weighted by molar-refractivity contribution is 7.15. The smallest absolute Gasteiger partial charge is 0.324 e. The van der Waals surface area contributed by atoms with Gasteiger partial charge in [-0.1, -0.05) is 0 Å². The third-order valence-electron chi connectivity index (χ3n) is 3.86. The summed E-state index contributed by atoms with van der Waals surface area (Å²) in [6.07, 6.45) is 3.14. The van der Waals surface area contributed by atoms with Crippen LogP contribution in [0.4, 0.5) is 9.93 Å². The number of imide groups is 1. The van der Waals surface area contributed by atoms with Crippen molar-refractivity contribution < 1.29 is 9.59 Å². The van der Waals surface area contributed by atoms with E-state index in [0.717, 1.165) is 18.2 Å². The first-order valence-corrected chi connectivity index (χ1v) is 7.11. The van der Waals surface area contributed by atoms with Gasteiger partial charge in [0.1, 0.15) is 5.54 Å². The van der Waals surface area contributed by atoms with Crippen LogP contribution in [-0.2, 0) is 4.79 Å². The summed E-state index contributed by atoms with van der Waals surface area (Å²) >= 11 is 1.66. The van der Waals surface area contributed by atoms with Gasteiger partial charge in [0.25, 0.3) is 5.91 Å². The Balaban J connectivity index is 1.73. The molecule has 1 N–H and O–H groups in total. The number of amides is 3. The predicted molar refractivity (Wildman–Crippen MR) is 72.3 cm³/mol. The summed E-state index contributed by atoms with van der Waals surface area (Å²) in [5.41, 5.74) is -0.686. The minimum Gasteiger partial charge on any atom is -0.348 e. The normalized spacial score (nSPS) is 22.2. The standard InChI is InChI=1S/C12H16N4O2S/c1-8-7-13-11(19-8)16-5-3-12(4-6-16)9(17)15(2)10(18)14-12/h7H,3-6H2,1-2H3,(H,14,18). The van der Waals surface area contributed by atoms with E-state index in [-0.39, 0.29) is 11.9 Å². The number of carbonyl (C=O) groups is 2. The first-order chi connectivity index (χ1) is 9.02. The van der Waals surface area contributed by atoms with Crippen molar-refractivity contribution in [3.8, 4) is 0 Å². The molecule has 102 valence electrons. The second-order valence-corrected chi connectivity index (χ2v) is 6.33. The Morgan fingerprint density at radius 2 is 2.05 bits per heavy atom. The van der Waals surface area contributed by atoms with Crippen LogP contribution in [0.15, 0.2) is 6.20 Å². The van der Waals surface area contributed by atoms with E-state index in [1.165, 1.54) is 16.8 Å². The summed E-state index contributed by atoms with van der Waals surface area (Å²) in [7, 11) is 1.53. The highest BCUT2D eigenvalue weighted by Crippen LogP contribution is 2.32.